The number of nitrogens with one attached hydrogen (secondary N) is 2. The van der Waals surface area contributed by atoms with Crippen LogP contribution in [-0.2, 0) is 4.74 Å². The van der Waals surface area contributed by atoms with Crippen molar-refractivity contribution in [2.45, 2.75) is 58.6 Å². The van der Waals surface area contributed by atoms with Crippen LogP contribution in [0.15, 0.2) is 24.3 Å². The van der Waals surface area contributed by atoms with Crippen LogP contribution in [0, 0.1) is 0 Å². The van der Waals surface area contributed by atoms with Crippen LogP contribution >= 0.6 is 0 Å². The van der Waals surface area contributed by atoms with Crippen molar-refractivity contribution in [1.29, 1.82) is 0 Å². The molecule has 2 N–H and O–H groups in total. The van der Waals surface area contributed by atoms with Gasteiger partial charge in [0, 0.05) is 30.4 Å². The summed E-state index contributed by atoms with van der Waals surface area (Å²) in [6.45, 7) is 10.3. The van der Waals surface area contributed by atoms with Gasteiger partial charge in [-0.3, -0.25) is 15.0 Å². The van der Waals surface area contributed by atoms with Gasteiger partial charge in [-0.2, -0.15) is 0 Å². The van der Waals surface area contributed by atoms with Crippen molar-refractivity contribution in [3.63, 3.8) is 0 Å². The average molecular weight is 361 g/mol. The van der Waals surface area contributed by atoms with Gasteiger partial charge in [0.15, 0.2) is 0 Å². The van der Waals surface area contributed by atoms with E-state index in [1.165, 1.54) is 19.3 Å². The molecule has 6 heteroatoms. The Kier molecular flexibility index (Phi) is 7.03. The first-order chi connectivity index (χ1) is 12.2. The lowest BCUT2D eigenvalue weighted by molar-refractivity contribution is 0.0635. The maximum atomic E-state index is 12.2. The number of carbonyl (C=O) groups excluding carboxylic acids is 2. The lowest BCUT2D eigenvalue weighted by Gasteiger charge is -2.33. The Morgan fingerprint density at radius 1 is 1.19 bits per heavy atom. The van der Waals surface area contributed by atoms with Crippen molar-refractivity contribution < 1.29 is 14.3 Å². The maximum absolute atomic E-state index is 12.2. The molecular formula is C20H31N3O3. The molecule has 0 bridgehead atoms. The summed E-state index contributed by atoms with van der Waals surface area (Å²) in [6, 6.07) is 7.40. The second-order valence-corrected chi connectivity index (χ2v) is 7.84. The molecule has 0 spiro atoms. The van der Waals surface area contributed by atoms with E-state index >= 15 is 0 Å². The van der Waals surface area contributed by atoms with Crippen molar-refractivity contribution in [2.75, 3.05) is 25.0 Å². The molecule has 1 aromatic rings. The molecule has 2 rings (SSSR count). The fraction of sp³-hybridized carbons (Fsp3) is 0.600. The Labute approximate surface area is 156 Å². The number of benzene rings is 1. The Morgan fingerprint density at radius 3 is 2.50 bits per heavy atom. The van der Waals surface area contributed by atoms with Gasteiger partial charge in [0.05, 0.1) is 0 Å². The van der Waals surface area contributed by atoms with Crippen LogP contribution in [0.2, 0.25) is 0 Å². The number of ether oxygens (including phenoxy) is 1. The van der Waals surface area contributed by atoms with Crippen LogP contribution in [0.5, 0.6) is 0 Å². The number of rotatable bonds is 5. The summed E-state index contributed by atoms with van der Waals surface area (Å²) >= 11 is 0. The zero-order valence-electron chi connectivity index (χ0n) is 16.3. The minimum absolute atomic E-state index is 0.0986. The normalized spacial score (nSPS) is 18.2. The molecule has 0 unspecified atom stereocenters. The molecule has 1 aromatic carbocycles. The molecular weight excluding hydrogens is 330 g/mol. The van der Waals surface area contributed by atoms with Gasteiger partial charge in [-0.05, 0) is 71.3 Å². The summed E-state index contributed by atoms with van der Waals surface area (Å²) in [5.41, 5.74) is 0.625. The zero-order valence-corrected chi connectivity index (χ0v) is 16.3. The molecule has 6 nitrogen and oxygen atoms in total. The van der Waals surface area contributed by atoms with Gasteiger partial charge in [-0.15, -0.1) is 0 Å². The number of amides is 2. The van der Waals surface area contributed by atoms with Gasteiger partial charge in [0.1, 0.15) is 5.60 Å². The number of anilines is 1. The lowest BCUT2D eigenvalue weighted by Crippen LogP contribution is -2.42. The first kappa shape index (κ1) is 20.2. The van der Waals surface area contributed by atoms with Crippen molar-refractivity contribution in [2.24, 2.45) is 0 Å². The summed E-state index contributed by atoms with van der Waals surface area (Å²) < 4.78 is 5.20. The van der Waals surface area contributed by atoms with E-state index in [2.05, 4.69) is 22.5 Å². The van der Waals surface area contributed by atoms with Gasteiger partial charge in [-0.25, -0.2) is 4.79 Å². The second-order valence-electron chi connectivity index (χ2n) is 7.84. The smallest absolute Gasteiger partial charge is 0.412 e. The van der Waals surface area contributed by atoms with Gasteiger partial charge in [-0.1, -0.05) is 6.42 Å². The van der Waals surface area contributed by atoms with Crippen LogP contribution in [-0.4, -0.2) is 48.2 Å². The highest BCUT2D eigenvalue weighted by Gasteiger charge is 2.18. The first-order valence-corrected chi connectivity index (χ1v) is 9.37. The van der Waals surface area contributed by atoms with E-state index in [-0.39, 0.29) is 5.91 Å². The minimum Gasteiger partial charge on any atom is -0.444 e. The average Bonchev–Trinajstić information content (AvgIpc) is 2.55. The highest BCUT2D eigenvalue weighted by Crippen LogP contribution is 2.15. The molecule has 1 saturated heterocycles. The van der Waals surface area contributed by atoms with E-state index in [0.29, 0.717) is 23.8 Å². The third-order valence-electron chi connectivity index (χ3n) is 4.42. The van der Waals surface area contributed by atoms with E-state index in [4.69, 9.17) is 4.74 Å². The van der Waals surface area contributed by atoms with Crippen molar-refractivity contribution in [3.05, 3.63) is 29.8 Å². The standard InChI is InChI=1S/C20H31N3O3/c1-15-7-5-6-13-23(15)14-12-21-18(24)16-8-10-17(11-9-16)22-19(25)26-20(2,3)4/h8-11,15H,5-7,12-14H2,1-4H3,(H,21,24)(H,22,25)/t15-/m1/s1. The fourth-order valence-electron chi connectivity index (χ4n) is 3.03. The van der Waals surface area contributed by atoms with Gasteiger partial charge in [0.25, 0.3) is 5.91 Å². The Hall–Kier alpha value is -2.08. The van der Waals surface area contributed by atoms with Gasteiger partial charge in [0.2, 0.25) is 0 Å². The van der Waals surface area contributed by atoms with Crippen LogP contribution < -0.4 is 10.6 Å². The quantitative estimate of drug-likeness (QED) is 0.840. The number of hydrogen-bond acceptors (Lipinski definition) is 4. The Balaban J connectivity index is 1.78. The topological polar surface area (TPSA) is 70.7 Å². The lowest BCUT2D eigenvalue weighted by atomic mass is 10.0. The van der Waals surface area contributed by atoms with E-state index in [1.54, 1.807) is 24.3 Å². The van der Waals surface area contributed by atoms with Crippen LogP contribution in [0.1, 0.15) is 57.3 Å². The molecule has 1 aliphatic rings. The van der Waals surface area contributed by atoms with E-state index in [0.717, 1.165) is 13.1 Å². The van der Waals surface area contributed by atoms with Gasteiger partial charge >= 0.3 is 6.09 Å². The van der Waals surface area contributed by atoms with Gasteiger partial charge < -0.3 is 10.1 Å². The summed E-state index contributed by atoms with van der Waals surface area (Å²) in [5.74, 6) is -0.0986. The molecule has 144 valence electrons. The third-order valence-corrected chi connectivity index (χ3v) is 4.42. The number of piperidine rings is 1. The minimum atomic E-state index is -0.546. The highest BCUT2D eigenvalue weighted by molar-refractivity contribution is 5.95. The molecule has 2 amide bonds. The Morgan fingerprint density at radius 2 is 1.88 bits per heavy atom. The molecule has 26 heavy (non-hydrogen) atoms. The maximum Gasteiger partial charge on any atom is 0.412 e. The summed E-state index contributed by atoms with van der Waals surface area (Å²) in [4.78, 5) is 26.4. The molecule has 1 aliphatic heterocycles. The van der Waals surface area contributed by atoms with Crippen LogP contribution in [0.3, 0.4) is 0 Å². The van der Waals surface area contributed by atoms with E-state index in [1.807, 2.05) is 20.8 Å². The summed E-state index contributed by atoms with van der Waals surface area (Å²) in [5, 5.41) is 5.62. The largest absolute Gasteiger partial charge is 0.444 e. The van der Waals surface area contributed by atoms with Crippen molar-refractivity contribution in [3.8, 4) is 0 Å². The molecule has 0 aromatic heterocycles. The molecule has 0 radical (unpaired) electrons. The number of nitrogens with zero attached hydrogens (tertiary/aromatic N) is 1. The zero-order chi connectivity index (χ0) is 19.2. The molecule has 0 saturated carbocycles. The molecule has 0 aliphatic carbocycles. The predicted molar refractivity (Wildman–Crippen MR) is 104 cm³/mol. The predicted octanol–water partition coefficient (Wildman–Crippen LogP) is 3.64. The van der Waals surface area contributed by atoms with Crippen molar-refractivity contribution in [1.82, 2.24) is 10.2 Å². The highest BCUT2D eigenvalue weighted by atomic mass is 16.6. The number of hydrogen-bond donors (Lipinski definition) is 2. The van der Waals surface area contributed by atoms with Crippen molar-refractivity contribution >= 4 is 17.7 Å². The van der Waals surface area contributed by atoms with E-state index in [9.17, 15) is 9.59 Å². The molecule has 1 atom stereocenters. The molecule has 1 fully saturated rings. The molecule has 1 heterocycles. The first-order valence-electron chi connectivity index (χ1n) is 9.37. The van der Waals surface area contributed by atoms with Crippen LogP contribution in [0.4, 0.5) is 10.5 Å². The summed E-state index contributed by atoms with van der Waals surface area (Å²) in [6.07, 6.45) is 3.27. The number of likely N-dealkylation sites (tertiary alicyclic amines) is 1. The fourth-order valence-corrected chi connectivity index (χ4v) is 3.03. The number of carbonyl (C=O) groups is 2. The van der Waals surface area contributed by atoms with E-state index < -0.39 is 11.7 Å². The third kappa shape index (κ3) is 6.67. The SMILES string of the molecule is C[C@@H]1CCCCN1CCNC(=O)c1ccc(NC(=O)OC(C)(C)C)cc1. The summed E-state index contributed by atoms with van der Waals surface area (Å²) in [7, 11) is 0. The Bertz CT molecular complexity index is 608. The van der Waals surface area contributed by atoms with Crippen LogP contribution in [0.25, 0.3) is 0 Å². The monoisotopic (exact) mass is 361 g/mol. The second kappa shape index (κ2) is 9.03.